The first-order valence-electron chi connectivity index (χ1n) is 11.6. The van der Waals surface area contributed by atoms with Crippen LogP contribution in [0, 0.1) is 5.92 Å². The lowest BCUT2D eigenvalue weighted by Gasteiger charge is -2.45. The summed E-state index contributed by atoms with van der Waals surface area (Å²) in [7, 11) is 0. The third-order valence-electron chi connectivity index (χ3n) is 6.94. The number of nitrogens with one attached hydrogen (secondary N) is 1. The Morgan fingerprint density at radius 3 is 2.87 bits per heavy atom. The van der Waals surface area contributed by atoms with E-state index in [4.69, 9.17) is 4.74 Å². The number of nitrogens with zero attached hydrogens (tertiary/aromatic N) is 2. The highest BCUT2D eigenvalue weighted by molar-refractivity contribution is 7.17. The fraction of sp³-hybridized carbons (Fsp3) is 0.667. The normalized spacial score (nSPS) is 26.5. The third-order valence-corrected chi connectivity index (χ3v) is 7.80. The van der Waals surface area contributed by atoms with Crippen molar-refractivity contribution < 1.29 is 14.3 Å². The van der Waals surface area contributed by atoms with Gasteiger partial charge in [-0.1, -0.05) is 19.8 Å². The van der Waals surface area contributed by atoms with Gasteiger partial charge >= 0.3 is 0 Å². The van der Waals surface area contributed by atoms with Crippen molar-refractivity contribution in [3.8, 4) is 0 Å². The van der Waals surface area contributed by atoms with Crippen molar-refractivity contribution in [3.05, 3.63) is 23.2 Å². The van der Waals surface area contributed by atoms with E-state index in [1.807, 2.05) is 42.9 Å². The van der Waals surface area contributed by atoms with Crippen LogP contribution in [0.3, 0.4) is 0 Å². The highest BCUT2D eigenvalue weighted by atomic mass is 32.1. The average Bonchev–Trinajstić information content (AvgIpc) is 3.31. The molecular weight excluding hydrogens is 410 g/mol. The number of thiophene rings is 1. The molecule has 1 saturated carbocycles. The quantitative estimate of drug-likeness (QED) is 0.642. The fourth-order valence-corrected chi connectivity index (χ4v) is 5.84. The molecule has 2 amide bonds. The summed E-state index contributed by atoms with van der Waals surface area (Å²) in [6, 6.07) is 4.21. The highest BCUT2D eigenvalue weighted by Gasteiger charge is 2.48. The van der Waals surface area contributed by atoms with Crippen molar-refractivity contribution in [1.29, 1.82) is 0 Å². The van der Waals surface area contributed by atoms with Gasteiger partial charge in [0.1, 0.15) is 11.2 Å². The second-order valence-electron chi connectivity index (χ2n) is 9.63. The molecule has 1 aliphatic heterocycles. The summed E-state index contributed by atoms with van der Waals surface area (Å²) in [4.78, 5) is 29.1. The Balaban J connectivity index is 1.61. The van der Waals surface area contributed by atoms with Crippen LogP contribution in [0.2, 0.25) is 0 Å². The molecule has 2 aromatic rings. The first-order chi connectivity index (χ1) is 14.8. The zero-order chi connectivity index (χ0) is 22.2. The summed E-state index contributed by atoms with van der Waals surface area (Å²) in [5.41, 5.74) is 0.802. The Bertz CT molecular complexity index is 949. The Labute approximate surface area is 188 Å². The maximum absolute atomic E-state index is 13.7. The monoisotopic (exact) mass is 445 g/mol. The number of carbonyl (C=O) groups excluding carboxylic acids is 2. The summed E-state index contributed by atoms with van der Waals surface area (Å²) >= 11 is 1.63. The summed E-state index contributed by atoms with van der Waals surface area (Å²) in [5.74, 6) is 0.375. The zero-order valence-electron chi connectivity index (χ0n) is 19.1. The highest BCUT2D eigenvalue weighted by Crippen LogP contribution is 2.35. The number of amides is 2. The van der Waals surface area contributed by atoms with E-state index in [1.54, 1.807) is 16.2 Å². The van der Waals surface area contributed by atoms with Crippen molar-refractivity contribution in [3.63, 3.8) is 0 Å². The first-order valence-corrected chi connectivity index (χ1v) is 12.5. The lowest BCUT2D eigenvalue weighted by molar-refractivity contribution is -0.134. The predicted molar refractivity (Wildman–Crippen MR) is 125 cm³/mol. The van der Waals surface area contributed by atoms with Crippen molar-refractivity contribution in [2.75, 3.05) is 13.2 Å². The molecule has 4 rings (SSSR count). The van der Waals surface area contributed by atoms with Gasteiger partial charge in [0.15, 0.2) is 0 Å². The van der Waals surface area contributed by atoms with Crippen LogP contribution in [0.5, 0.6) is 0 Å². The Morgan fingerprint density at radius 2 is 2.13 bits per heavy atom. The minimum Gasteiger partial charge on any atom is -0.379 e. The maximum atomic E-state index is 13.7. The standard InChI is InChI=1S/C24H35N3O3S/c1-16(2)30-12-7-11-27-22(28)20-14-21-19(10-13-31-21)26(20)15-24(27,4)23(29)25-18-9-6-5-8-17(18)3/h10,13-14,16-18H,5-9,11-12,15H2,1-4H3,(H,25,29)/t17-,18+,24+/m0/s1. The number of fused-ring (bicyclic) bond motifs is 3. The smallest absolute Gasteiger partial charge is 0.271 e. The van der Waals surface area contributed by atoms with Gasteiger partial charge in [0.2, 0.25) is 5.91 Å². The third kappa shape index (κ3) is 4.27. The topological polar surface area (TPSA) is 63.6 Å². The van der Waals surface area contributed by atoms with Gasteiger partial charge < -0.3 is 19.5 Å². The van der Waals surface area contributed by atoms with Crippen LogP contribution in [0.1, 0.15) is 70.3 Å². The van der Waals surface area contributed by atoms with Crippen molar-refractivity contribution in [2.24, 2.45) is 5.92 Å². The molecule has 0 bridgehead atoms. The zero-order valence-corrected chi connectivity index (χ0v) is 20.0. The van der Waals surface area contributed by atoms with Gasteiger partial charge in [-0.05, 0) is 63.5 Å². The molecule has 0 radical (unpaired) electrons. The van der Waals surface area contributed by atoms with Gasteiger partial charge in [-0.25, -0.2) is 0 Å². The van der Waals surface area contributed by atoms with Crippen molar-refractivity contribution >= 4 is 33.4 Å². The summed E-state index contributed by atoms with van der Waals surface area (Å²) in [6.45, 7) is 9.73. The SMILES string of the molecule is CC(C)OCCCN1C(=O)c2cc3sccc3n2C[C@]1(C)C(=O)N[C@@H]1CCCC[C@@H]1C. The summed E-state index contributed by atoms with van der Waals surface area (Å²) in [5, 5.41) is 5.37. The van der Waals surface area contributed by atoms with E-state index in [9.17, 15) is 9.59 Å². The number of hydrogen-bond acceptors (Lipinski definition) is 4. The molecule has 31 heavy (non-hydrogen) atoms. The molecule has 170 valence electrons. The van der Waals surface area contributed by atoms with Gasteiger partial charge in [0.25, 0.3) is 5.91 Å². The molecule has 2 aliphatic rings. The van der Waals surface area contributed by atoms with Gasteiger partial charge in [-0.15, -0.1) is 11.3 Å². The molecule has 1 N–H and O–H groups in total. The van der Waals surface area contributed by atoms with Crippen LogP contribution >= 0.6 is 11.3 Å². The molecule has 0 unspecified atom stereocenters. The van der Waals surface area contributed by atoms with Gasteiger partial charge in [-0.2, -0.15) is 0 Å². The lowest BCUT2D eigenvalue weighted by Crippen LogP contribution is -2.65. The Morgan fingerprint density at radius 1 is 1.35 bits per heavy atom. The van der Waals surface area contributed by atoms with Crippen LogP contribution in [0.4, 0.5) is 0 Å². The number of aromatic nitrogens is 1. The fourth-order valence-electron chi connectivity index (χ4n) is 5.02. The Hall–Kier alpha value is -1.86. The summed E-state index contributed by atoms with van der Waals surface area (Å²) in [6.07, 6.45) is 5.41. The minimum absolute atomic E-state index is 0.0351. The van der Waals surface area contributed by atoms with E-state index in [2.05, 4.69) is 12.2 Å². The predicted octanol–water partition coefficient (Wildman–Crippen LogP) is 4.43. The van der Waals surface area contributed by atoms with Crippen LogP contribution in [0.25, 0.3) is 10.2 Å². The van der Waals surface area contributed by atoms with Crippen LogP contribution < -0.4 is 5.32 Å². The maximum Gasteiger partial charge on any atom is 0.271 e. The van der Waals surface area contributed by atoms with Gasteiger partial charge in [0, 0.05) is 19.2 Å². The van der Waals surface area contributed by atoms with Crippen LogP contribution in [-0.2, 0) is 16.1 Å². The van der Waals surface area contributed by atoms with Crippen molar-refractivity contribution in [2.45, 2.75) is 84.0 Å². The Kier molecular flexibility index (Phi) is 6.44. The van der Waals surface area contributed by atoms with Crippen molar-refractivity contribution in [1.82, 2.24) is 14.8 Å². The minimum atomic E-state index is -0.924. The molecule has 0 saturated heterocycles. The molecule has 2 aromatic heterocycles. The van der Waals surface area contributed by atoms with E-state index in [0.717, 1.165) is 29.5 Å². The molecule has 1 aliphatic carbocycles. The molecular formula is C24H35N3O3S. The van der Waals surface area contributed by atoms with Crippen LogP contribution in [0.15, 0.2) is 17.5 Å². The number of carbonyl (C=O) groups is 2. The van der Waals surface area contributed by atoms with E-state index < -0.39 is 5.54 Å². The summed E-state index contributed by atoms with van der Waals surface area (Å²) < 4.78 is 8.83. The molecule has 0 aromatic carbocycles. The molecule has 3 atom stereocenters. The van der Waals surface area contributed by atoms with E-state index in [0.29, 0.717) is 37.7 Å². The van der Waals surface area contributed by atoms with E-state index in [1.165, 1.54) is 6.42 Å². The first kappa shape index (κ1) is 22.3. The van der Waals surface area contributed by atoms with Crippen LogP contribution in [-0.4, -0.2) is 52.1 Å². The van der Waals surface area contributed by atoms with Gasteiger partial charge in [0.05, 0.1) is 22.9 Å². The van der Waals surface area contributed by atoms with E-state index in [-0.39, 0.29) is 24.0 Å². The number of ether oxygens (including phenoxy) is 1. The van der Waals surface area contributed by atoms with E-state index >= 15 is 0 Å². The largest absolute Gasteiger partial charge is 0.379 e. The second kappa shape index (κ2) is 8.94. The number of rotatable bonds is 7. The molecule has 1 fully saturated rings. The molecule has 3 heterocycles. The average molecular weight is 446 g/mol. The lowest BCUT2D eigenvalue weighted by atomic mass is 9.85. The second-order valence-corrected chi connectivity index (χ2v) is 10.6. The number of hydrogen-bond donors (Lipinski definition) is 1. The van der Waals surface area contributed by atoms with Gasteiger partial charge in [-0.3, -0.25) is 9.59 Å². The molecule has 0 spiro atoms. The molecule has 6 nitrogen and oxygen atoms in total. The molecule has 7 heteroatoms.